The Hall–Kier alpha value is -3.70. The minimum absolute atomic E-state index is 0.0368. The average molecular weight is 557 g/mol. The van der Waals surface area contributed by atoms with Gasteiger partial charge in [-0.15, -0.1) is 0 Å². The zero-order chi connectivity index (χ0) is 27.9. The van der Waals surface area contributed by atoms with Gasteiger partial charge in [0.15, 0.2) is 0 Å². The zero-order valence-corrected chi connectivity index (χ0v) is 21.8. The highest BCUT2D eigenvalue weighted by molar-refractivity contribution is 5.79. The summed E-state index contributed by atoms with van der Waals surface area (Å²) >= 11 is 0. The molecule has 0 bridgehead atoms. The summed E-state index contributed by atoms with van der Waals surface area (Å²) in [7, 11) is 0. The SMILES string of the molecule is O=C(N[C@H](c1cn2nc(C[C@H]3C[C@@H](C(F)(F)F)CNC3=O)cnc2n1)C(C1CC1)C1CC1)OCc1ccccc1. The zero-order valence-electron chi connectivity index (χ0n) is 21.8. The van der Waals surface area contributed by atoms with Crippen LogP contribution in [0, 0.1) is 29.6 Å². The number of imidazole rings is 1. The molecule has 0 radical (unpaired) electrons. The molecule has 12 heteroatoms. The predicted octanol–water partition coefficient (Wildman–Crippen LogP) is 4.39. The number of hydrogen-bond acceptors (Lipinski definition) is 6. The van der Waals surface area contributed by atoms with Crippen LogP contribution in [0.5, 0.6) is 0 Å². The molecule has 40 heavy (non-hydrogen) atoms. The van der Waals surface area contributed by atoms with E-state index in [9.17, 15) is 22.8 Å². The lowest BCUT2D eigenvalue weighted by molar-refractivity contribution is -0.183. The summed E-state index contributed by atoms with van der Waals surface area (Å²) in [6.07, 6.45) is 2.44. The average Bonchev–Trinajstić information content (AvgIpc) is 3.87. The van der Waals surface area contributed by atoms with Crippen LogP contribution in [0.4, 0.5) is 18.0 Å². The van der Waals surface area contributed by atoms with Crippen LogP contribution in [0.2, 0.25) is 0 Å². The fraction of sp³-hybridized carbons (Fsp3) is 0.536. The lowest BCUT2D eigenvalue weighted by atomic mass is 9.86. The minimum atomic E-state index is -4.37. The largest absolute Gasteiger partial charge is 0.445 e. The maximum absolute atomic E-state index is 13.2. The molecule has 3 atom stereocenters. The summed E-state index contributed by atoms with van der Waals surface area (Å²) in [4.78, 5) is 34.2. The molecule has 2 amide bonds. The molecule has 1 aromatic carbocycles. The van der Waals surface area contributed by atoms with Crippen LogP contribution in [-0.2, 0) is 22.6 Å². The second-order valence-electron chi connectivity index (χ2n) is 11.2. The molecule has 2 N–H and O–H groups in total. The van der Waals surface area contributed by atoms with Crippen LogP contribution in [0.15, 0.2) is 42.7 Å². The first kappa shape index (κ1) is 26.5. The molecule has 6 rings (SSSR count). The predicted molar refractivity (Wildman–Crippen MR) is 137 cm³/mol. The molecule has 0 spiro atoms. The van der Waals surface area contributed by atoms with Gasteiger partial charge in [-0.05, 0) is 55.4 Å². The Balaban J connectivity index is 1.20. The van der Waals surface area contributed by atoms with Gasteiger partial charge in [0.05, 0.1) is 35.7 Å². The Labute approximate surface area is 228 Å². The normalized spacial score (nSPS) is 22.2. The maximum atomic E-state index is 13.2. The third-order valence-electron chi connectivity index (χ3n) is 8.16. The fourth-order valence-corrected chi connectivity index (χ4v) is 5.81. The van der Waals surface area contributed by atoms with Crippen LogP contribution in [0.1, 0.15) is 55.1 Å². The van der Waals surface area contributed by atoms with Gasteiger partial charge in [-0.25, -0.2) is 19.3 Å². The van der Waals surface area contributed by atoms with Crippen molar-refractivity contribution in [3.8, 4) is 0 Å². The molecule has 1 aliphatic heterocycles. The highest BCUT2D eigenvalue weighted by Crippen LogP contribution is 2.54. The molecule has 3 aliphatic rings. The van der Waals surface area contributed by atoms with Gasteiger partial charge in [-0.1, -0.05) is 30.3 Å². The Morgan fingerprint density at radius 2 is 1.88 bits per heavy atom. The van der Waals surface area contributed by atoms with Crippen molar-refractivity contribution in [2.75, 3.05) is 6.54 Å². The van der Waals surface area contributed by atoms with E-state index < -0.39 is 36.6 Å². The number of piperidine rings is 1. The van der Waals surface area contributed by atoms with Gasteiger partial charge >= 0.3 is 12.3 Å². The lowest BCUT2D eigenvalue weighted by Crippen LogP contribution is -2.47. The Morgan fingerprint density at radius 1 is 1.15 bits per heavy atom. The molecule has 2 aromatic heterocycles. The summed E-state index contributed by atoms with van der Waals surface area (Å²) in [5.74, 6) is -1.31. The number of halogens is 3. The smallest absolute Gasteiger partial charge is 0.408 e. The highest BCUT2D eigenvalue weighted by Gasteiger charge is 2.47. The summed E-state index contributed by atoms with van der Waals surface area (Å²) in [5.41, 5.74) is 1.90. The van der Waals surface area contributed by atoms with E-state index in [1.54, 1.807) is 6.20 Å². The minimum Gasteiger partial charge on any atom is -0.445 e. The van der Waals surface area contributed by atoms with Crippen molar-refractivity contribution in [3.05, 3.63) is 59.7 Å². The van der Waals surface area contributed by atoms with Gasteiger partial charge in [0.2, 0.25) is 5.91 Å². The van der Waals surface area contributed by atoms with Crippen molar-refractivity contribution >= 4 is 17.8 Å². The first-order valence-corrected chi connectivity index (χ1v) is 13.8. The van der Waals surface area contributed by atoms with Gasteiger partial charge in [0.1, 0.15) is 6.61 Å². The van der Waals surface area contributed by atoms with E-state index in [4.69, 9.17) is 4.74 Å². The third-order valence-corrected chi connectivity index (χ3v) is 8.16. The van der Waals surface area contributed by atoms with Gasteiger partial charge in [0.25, 0.3) is 5.78 Å². The molecule has 2 aliphatic carbocycles. The molecular formula is C28H31F3N6O3. The Kier molecular flexibility index (Phi) is 7.09. The molecule has 2 saturated carbocycles. The van der Waals surface area contributed by atoms with Crippen molar-refractivity contribution in [2.45, 2.75) is 57.3 Å². The molecule has 9 nitrogen and oxygen atoms in total. The lowest BCUT2D eigenvalue weighted by Gasteiger charge is -2.30. The maximum Gasteiger partial charge on any atom is 0.408 e. The van der Waals surface area contributed by atoms with E-state index in [1.165, 1.54) is 10.7 Å². The van der Waals surface area contributed by atoms with Crippen LogP contribution < -0.4 is 10.6 Å². The van der Waals surface area contributed by atoms with E-state index >= 15 is 0 Å². The number of aromatic nitrogens is 4. The molecule has 1 saturated heterocycles. The van der Waals surface area contributed by atoms with Crippen LogP contribution in [-0.4, -0.2) is 44.3 Å². The van der Waals surface area contributed by atoms with Crippen molar-refractivity contribution in [1.29, 1.82) is 0 Å². The summed E-state index contributed by atoms with van der Waals surface area (Å²) in [5, 5.41) is 9.95. The second-order valence-corrected chi connectivity index (χ2v) is 11.2. The molecule has 212 valence electrons. The Morgan fingerprint density at radius 3 is 2.55 bits per heavy atom. The topological polar surface area (TPSA) is 111 Å². The van der Waals surface area contributed by atoms with E-state index in [-0.39, 0.29) is 31.4 Å². The summed E-state index contributed by atoms with van der Waals surface area (Å²) in [6.45, 7) is -0.252. The van der Waals surface area contributed by atoms with Crippen LogP contribution in [0.25, 0.3) is 5.78 Å². The van der Waals surface area contributed by atoms with Gasteiger partial charge in [-0.3, -0.25) is 4.79 Å². The molecule has 3 aromatic rings. The van der Waals surface area contributed by atoms with Gasteiger partial charge in [-0.2, -0.15) is 18.3 Å². The number of amides is 2. The number of carbonyl (C=O) groups excluding carboxylic acids is 2. The number of ether oxygens (including phenoxy) is 1. The first-order valence-electron chi connectivity index (χ1n) is 13.8. The number of rotatable bonds is 9. The number of hydrogen-bond donors (Lipinski definition) is 2. The van der Waals surface area contributed by atoms with E-state index in [1.807, 2.05) is 30.3 Å². The second kappa shape index (κ2) is 10.7. The number of nitrogens with zero attached hydrogens (tertiary/aromatic N) is 4. The highest BCUT2D eigenvalue weighted by atomic mass is 19.4. The molecule has 3 fully saturated rings. The monoisotopic (exact) mass is 556 g/mol. The van der Waals surface area contributed by atoms with Crippen molar-refractivity contribution in [3.63, 3.8) is 0 Å². The number of fused-ring (bicyclic) bond motifs is 1. The van der Waals surface area contributed by atoms with E-state index in [2.05, 4.69) is 25.7 Å². The summed E-state index contributed by atoms with van der Waals surface area (Å²) < 4.78 is 46.7. The van der Waals surface area contributed by atoms with Crippen molar-refractivity contribution in [1.82, 2.24) is 30.2 Å². The standard InChI is InChI=1S/C28H31F3N6O3/c29-28(30,31)20-10-19(25(38)32-12-20)11-21-13-33-26-34-22(14-37(26)36-21)24(23(17-6-7-17)18-8-9-18)35-27(39)40-15-16-4-2-1-3-5-16/h1-5,13-14,17-20,23-24H,6-12,15H2,(H,32,38)(H,35,39)/t19-,20-,24-/m1/s1. The van der Waals surface area contributed by atoms with Crippen molar-refractivity contribution in [2.24, 2.45) is 29.6 Å². The number of benzene rings is 1. The number of carbonyl (C=O) groups is 2. The molecular weight excluding hydrogens is 525 g/mol. The molecule has 0 unspecified atom stereocenters. The van der Waals surface area contributed by atoms with Crippen LogP contribution >= 0.6 is 0 Å². The number of alkyl carbamates (subject to hydrolysis) is 1. The van der Waals surface area contributed by atoms with Crippen molar-refractivity contribution < 1.29 is 27.5 Å². The number of nitrogens with one attached hydrogen (secondary N) is 2. The van der Waals surface area contributed by atoms with Crippen LogP contribution in [0.3, 0.4) is 0 Å². The third kappa shape index (κ3) is 6.05. The first-order chi connectivity index (χ1) is 19.2. The summed E-state index contributed by atoms with van der Waals surface area (Å²) in [6, 6.07) is 9.06. The number of alkyl halides is 3. The van der Waals surface area contributed by atoms with E-state index in [0.717, 1.165) is 31.2 Å². The van der Waals surface area contributed by atoms with Gasteiger partial charge in [0, 0.05) is 18.9 Å². The molecule has 3 heterocycles. The Bertz CT molecular complexity index is 1360. The van der Waals surface area contributed by atoms with Gasteiger partial charge < -0.3 is 15.4 Å². The quantitative estimate of drug-likeness (QED) is 0.405. The fourth-order valence-electron chi connectivity index (χ4n) is 5.81. The van der Waals surface area contributed by atoms with E-state index in [0.29, 0.717) is 29.0 Å².